The van der Waals surface area contributed by atoms with E-state index in [1.165, 1.54) is 13.3 Å². The minimum absolute atomic E-state index is 0.0248. The summed E-state index contributed by atoms with van der Waals surface area (Å²) >= 11 is 0. The molecule has 1 aliphatic heterocycles. The smallest absolute Gasteiger partial charge is 0.179 e. The van der Waals surface area contributed by atoms with Crippen LogP contribution in [0.2, 0.25) is 0 Å². The number of rotatable bonds is 3. The van der Waals surface area contributed by atoms with E-state index in [0.717, 1.165) is 5.56 Å². The lowest BCUT2D eigenvalue weighted by Gasteiger charge is -2.11. The Morgan fingerprint density at radius 1 is 1.16 bits per heavy atom. The summed E-state index contributed by atoms with van der Waals surface area (Å²) in [5.74, 6) is 0.623. The Morgan fingerprint density at radius 2 is 2.00 bits per heavy atom. The van der Waals surface area contributed by atoms with Crippen molar-refractivity contribution in [1.82, 2.24) is 9.97 Å². The van der Waals surface area contributed by atoms with Crippen LogP contribution in [0.1, 0.15) is 22.8 Å². The van der Waals surface area contributed by atoms with E-state index in [1.54, 1.807) is 30.3 Å². The molecule has 0 radical (unpaired) electrons. The van der Waals surface area contributed by atoms with Gasteiger partial charge in [0.1, 0.15) is 12.1 Å². The van der Waals surface area contributed by atoms with Crippen LogP contribution in [0.5, 0.6) is 0 Å². The van der Waals surface area contributed by atoms with E-state index in [2.05, 4.69) is 15.3 Å². The third-order valence-corrected chi connectivity index (χ3v) is 6.15. The van der Waals surface area contributed by atoms with E-state index in [-0.39, 0.29) is 11.5 Å². The summed E-state index contributed by atoms with van der Waals surface area (Å²) in [6.45, 7) is 1.51. The lowest BCUT2D eigenvalue weighted by molar-refractivity contribution is 0.101. The maximum Gasteiger partial charge on any atom is 0.179 e. The van der Waals surface area contributed by atoms with Crippen LogP contribution in [-0.2, 0) is 16.3 Å². The summed E-state index contributed by atoms with van der Waals surface area (Å²) < 4.78 is 24.4. The number of carbonyl (C=O) groups excluding carboxylic acids is 1. The zero-order valence-electron chi connectivity index (χ0n) is 13.5. The van der Waals surface area contributed by atoms with Gasteiger partial charge in [-0.3, -0.25) is 4.79 Å². The third kappa shape index (κ3) is 2.66. The van der Waals surface area contributed by atoms with Crippen molar-refractivity contribution in [3.63, 3.8) is 0 Å². The molecule has 1 aromatic heterocycles. The number of nitrogens with one attached hydrogen (secondary N) is 1. The predicted molar refractivity (Wildman–Crippen MR) is 95.0 cm³/mol. The Labute approximate surface area is 144 Å². The van der Waals surface area contributed by atoms with E-state index >= 15 is 0 Å². The molecule has 2 aromatic carbocycles. The number of carbonyl (C=O) groups is 1. The molecule has 0 unspecified atom stereocenters. The number of aromatic nitrogens is 2. The maximum absolute atomic E-state index is 12.2. The minimum atomic E-state index is -3.23. The van der Waals surface area contributed by atoms with Crippen molar-refractivity contribution >= 4 is 38.0 Å². The number of Topliss-reactive ketones (excluding diaryl/α,β-unsaturated/α-hetero) is 1. The average Bonchev–Trinajstić information content (AvgIpc) is 2.90. The first-order valence-corrected chi connectivity index (χ1v) is 9.48. The molecule has 2 heterocycles. The lowest BCUT2D eigenvalue weighted by Crippen LogP contribution is -2.01. The quantitative estimate of drug-likeness (QED) is 0.728. The predicted octanol–water partition coefficient (Wildman–Crippen LogP) is 2.91. The molecule has 0 spiro atoms. The molecule has 6 nitrogen and oxygen atoms in total. The molecular formula is C18H15N3O3S. The lowest BCUT2D eigenvalue weighted by atomic mass is 10.1. The number of benzene rings is 2. The molecule has 0 fully saturated rings. The van der Waals surface area contributed by atoms with Crippen LogP contribution < -0.4 is 5.32 Å². The van der Waals surface area contributed by atoms with Gasteiger partial charge in [0.2, 0.25) is 0 Å². The summed E-state index contributed by atoms with van der Waals surface area (Å²) in [5, 5.41) is 3.92. The van der Waals surface area contributed by atoms with E-state index in [0.29, 0.717) is 39.3 Å². The molecule has 0 amide bonds. The number of sulfone groups is 1. The molecule has 25 heavy (non-hydrogen) atoms. The van der Waals surface area contributed by atoms with Crippen molar-refractivity contribution in [2.24, 2.45) is 0 Å². The highest BCUT2D eigenvalue weighted by Gasteiger charge is 2.29. The highest BCUT2D eigenvalue weighted by Crippen LogP contribution is 2.35. The second-order valence-corrected chi connectivity index (χ2v) is 8.07. The molecule has 3 aromatic rings. The van der Waals surface area contributed by atoms with E-state index in [4.69, 9.17) is 0 Å². The Morgan fingerprint density at radius 3 is 2.80 bits per heavy atom. The van der Waals surface area contributed by atoms with Gasteiger partial charge < -0.3 is 5.32 Å². The molecule has 0 saturated carbocycles. The Hall–Kier alpha value is -2.80. The summed E-state index contributed by atoms with van der Waals surface area (Å²) in [5.41, 5.74) is 2.75. The zero-order valence-corrected chi connectivity index (χ0v) is 14.3. The standard InChI is InChI=1S/C18H15N3O3S/c1-11(22)12-3-2-4-13(9-12)21-18-17-14-7-8-25(23,24)16(14)6-5-15(17)19-10-20-18/h2-6,9-10H,7-8H2,1H3,(H,19,20,21). The van der Waals surface area contributed by atoms with Crippen molar-refractivity contribution in [1.29, 1.82) is 0 Å². The van der Waals surface area contributed by atoms with Gasteiger partial charge in [-0.15, -0.1) is 0 Å². The molecular weight excluding hydrogens is 338 g/mol. The Bertz CT molecular complexity index is 1120. The largest absolute Gasteiger partial charge is 0.340 e. The van der Waals surface area contributed by atoms with Gasteiger partial charge in [0.25, 0.3) is 0 Å². The van der Waals surface area contributed by atoms with Crippen LogP contribution in [0.3, 0.4) is 0 Å². The van der Waals surface area contributed by atoms with Gasteiger partial charge in [-0.25, -0.2) is 18.4 Å². The number of anilines is 2. The van der Waals surface area contributed by atoms with E-state index in [9.17, 15) is 13.2 Å². The summed E-state index contributed by atoms with van der Waals surface area (Å²) in [7, 11) is -3.23. The number of aryl methyl sites for hydroxylation is 1. The first kappa shape index (κ1) is 15.7. The van der Waals surface area contributed by atoms with Crippen LogP contribution in [0.4, 0.5) is 11.5 Å². The van der Waals surface area contributed by atoms with Gasteiger partial charge in [-0.1, -0.05) is 12.1 Å². The number of ketones is 1. The van der Waals surface area contributed by atoms with Crippen molar-refractivity contribution in [2.45, 2.75) is 18.2 Å². The molecule has 0 atom stereocenters. The second kappa shape index (κ2) is 5.63. The van der Waals surface area contributed by atoms with Crippen molar-refractivity contribution in [3.8, 4) is 0 Å². The molecule has 0 bridgehead atoms. The van der Waals surface area contributed by atoms with Crippen molar-refractivity contribution in [3.05, 3.63) is 53.9 Å². The average molecular weight is 353 g/mol. The molecule has 7 heteroatoms. The molecule has 126 valence electrons. The molecule has 1 aliphatic rings. The van der Waals surface area contributed by atoms with Crippen LogP contribution in [0.25, 0.3) is 10.9 Å². The maximum atomic E-state index is 12.2. The van der Waals surface area contributed by atoms with Gasteiger partial charge in [-0.05, 0) is 43.2 Å². The Kier molecular flexibility index (Phi) is 3.54. The third-order valence-electron chi connectivity index (χ3n) is 4.36. The van der Waals surface area contributed by atoms with Gasteiger partial charge in [0, 0.05) is 16.6 Å². The van der Waals surface area contributed by atoms with Gasteiger partial charge in [0.05, 0.1) is 16.2 Å². The zero-order chi connectivity index (χ0) is 17.6. The summed E-state index contributed by atoms with van der Waals surface area (Å²) in [4.78, 5) is 20.5. The Balaban J connectivity index is 1.87. The highest BCUT2D eigenvalue weighted by molar-refractivity contribution is 7.91. The van der Waals surface area contributed by atoms with Crippen LogP contribution in [0.15, 0.2) is 47.6 Å². The first-order valence-electron chi connectivity index (χ1n) is 7.83. The minimum Gasteiger partial charge on any atom is -0.340 e. The van der Waals surface area contributed by atoms with Crippen molar-refractivity contribution < 1.29 is 13.2 Å². The second-order valence-electron chi connectivity index (χ2n) is 5.99. The summed E-state index contributed by atoms with van der Waals surface area (Å²) in [6.07, 6.45) is 1.89. The SMILES string of the molecule is CC(=O)c1cccc(Nc2ncnc3ccc4c(c23)CCS4(=O)=O)c1. The fourth-order valence-electron chi connectivity index (χ4n) is 3.13. The first-order chi connectivity index (χ1) is 12.0. The van der Waals surface area contributed by atoms with Gasteiger partial charge >= 0.3 is 0 Å². The normalized spacial score (nSPS) is 15.1. The number of fused-ring (bicyclic) bond motifs is 3. The van der Waals surface area contributed by atoms with Crippen LogP contribution >= 0.6 is 0 Å². The fourth-order valence-corrected chi connectivity index (χ4v) is 4.68. The van der Waals surface area contributed by atoms with Crippen LogP contribution in [-0.4, -0.2) is 29.9 Å². The molecule has 1 N–H and O–H groups in total. The van der Waals surface area contributed by atoms with E-state index in [1.807, 2.05) is 6.07 Å². The molecule has 4 rings (SSSR count). The fraction of sp³-hybridized carbons (Fsp3) is 0.167. The number of hydrogen-bond donors (Lipinski definition) is 1. The van der Waals surface area contributed by atoms with Gasteiger partial charge in [0.15, 0.2) is 15.6 Å². The topological polar surface area (TPSA) is 89.0 Å². The number of hydrogen-bond acceptors (Lipinski definition) is 6. The van der Waals surface area contributed by atoms with E-state index < -0.39 is 9.84 Å². The van der Waals surface area contributed by atoms with Crippen molar-refractivity contribution in [2.75, 3.05) is 11.1 Å². The number of nitrogens with zero attached hydrogens (tertiary/aromatic N) is 2. The highest BCUT2D eigenvalue weighted by atomic mass is 32.2. The van der Waals surface area contributed by atoms with Gasteiger partial charge in [-0.2, -0.15) is 0 Å². The van der Waals surface area contributed by atoms with Crippen LogP contribution in [0, 0.1) is 0 Å². The monoisotopic (exact) mass is 353 g/mol. The summed E-state index contributed by atoms with van der Waals surface area (Å²) in [6, 6.07) is 10.4. The molecule has 0 aliphatic carbocycles. The molecule has 0 saturated heterocycles.